The minimum absolute atomic E-state index is 0.0192. The second kappa shape index (κ2) is 4.67. The van der Waals surface area contributed by atoms with Crippen LogP contribution in [0.1, 0.15) is 0 Å². The van der Waals surface area contributed by atoms with Crippen LogP contribution in [0, 0.1) is 0 Å². The highest BCUT2D eigenvalue weighted by atomic mass is 35.5. The van der Waals surface area contributed by atoms with E-state index in [0.29, 0.717) is 0 Å². The van der Waals surface area contributed by atoms with E-state index in [1.807, 2.05) is 0 Å². The predicted octanol–water partition coefficient (Wildman–Crippen LogP) is 2.67. The van der Waals surface area contributed by atoms with E-state index >= 15 is 0 Å². The van der Waals surface area contributed by atoms with Crippen LogP contribution in [0.15, 0.2) is 33.7 Å². The highest BCUT2D eigenvalue weighted by Gasteiger charge is 2.48. The predicted molar refractivity (Wildman–Crippen MR) is 63.1 cm³/mol. The van der Waals surface area contributed by atoms with Gasteiger partial charge in [0.2, 0.25) is 0 Å². The molecule has 0 saturated heterocycles. The molecule has 1 heterocycles. The highest BCUT2D eigenvalue weighted by Crippen LogP contribution is 2.33. The molecule has 5 nitrogen and oxygen atoms in total. The fourth-order valence-corrected chi connectivity index (χ4v) is 2.03. The molecule has 20 heavy (non-hydrogen) atoms. The molecule has 0 aliphatic heterocycles. The van der Waals surface area contributed by atoms with Crippen LogP contribution in [-0.2, 0) is 10.1 Å². The Hall–Kier alpha value is -1.74. The summed E-state index contributed by atoms with van der Waals surface area (Å²) in [5.41, 5.74) is -6.24. The molecule has 0 aliphatic rings. The lowest BCUT2D eigenvalue weighted by Crippen LogP contribution is -2.28. The number of alkyl halides is 3. The summed E-state index contributed by atoms with van der Waals surface area (Å²) in [7, 11) is -5.86. The Kier molecular flexibility index (Phi) is 3.42. The van der Waals surface area contributed by atoms with Crippen molar-refractivity contribution in [2.24, 2.45) is 0 Å². The van der Waals surface area contributed by atoms with Gasteiger partial charge in [-0.3, -0.25) is 4.79 Å². The van der Waals surface area contributed by atoms with Gasteiger partial charge in [0.15, 0.2) is 11.2 Å². The van der Waals surface area contributed by atoms with Crippen LogP contribution in [0.2, 0.25) is 5.02 Å². The standard InChI is InChI=1S/C10H4ClF3O5S/c11-6-3-5-7(15)1-2-18-8(5)4-9(6)19-20(16,17)10(12,13)14/h1-4H. The molecular weight excluding hydrogens is 325 g/mol. The van der Waals surface area contributed by atoms with Gasteiger partial charge < -0.3 is 8.60 Å². The monoisotopic (exact) mass is 328 g/mol. The fourth-order valence-electron chi connectivity index (χ4n) is 1.31. The zero-order valence-electron chi connectivity index (χ0n) is 9.27. The first-order valence-corrected chi connectivity index (χ1v) is 6.62. The summed E-state index contributed by atoms with van der Waals surface area (Å²) in [6.07, 6.45) is 1.00. The van der Waals surface area contributed by atoms with Crippen molar-refractivity contribution in [3.8, 4) is 5.75 Å². The Labute approximate surface area is 114 Å². The first kappa shape index (κ1) is 14.7. The molecule has 108 valence electrons. The van der Waals surface area contributed by atoms with E-state index in [-0.39, 0.29) is 11.0 Å². The SMILES string of the molecule is O=c1ccoc2cc(OS(=O)(=O)C(F)(F)F)c(Cl)cc12. The van der Waals surface area contributed by atoms with Gasteiger partial charge in [-0.1, -0.05) is 11.6 Å². The summed E-state index contributed by atoms with van der Waals surface area (Å²) in [5.74, 6) is -0.786. The van der Waals surface area contributed by atoms with Gasteiger partial charge in [-0.25, -0.2) is 0 Å². The van der Waals surface area contributed by atoms with E-state index < -0.39 is 31.8 Å². The number of fused-ring (bicyclic) bond motifs is 1. The number of rotatable bonds is 2. The Balaban J connectivity index is 2.58. The van der Waals surface area contributed by atoms with Gasteiger partial charge in [0, 0.05) is 12.1 Å². The third kappa shape index (κ3) is 2.59. The van der Waals surface area contributed by atoms with E-state index in [4.69, 9.17) is 16.0 Å². The molecular formula is C10H4ClF3O5S. The average Bonchev–Trinajstić information content (AvgIpc) is 2.30. The topological polar surface area (TPSA) is 73.6 Å². The van der Waals surface area contributed by atoms with Gasteiger partial charge in [0.1, 0.15) is 5.58 Å². The molecule has 0 fully saturated rings. The first-order chi connectivity index (χ1) is 9.12. The van der Waals surface area contributed by atoms with Crippen LogP contribution in [-0.4, -0.2) is 13.9 Å². The van der Waals surface area contributed by atoms with E-state index in [1.165, 1.54) is 0 Å². The fraction of sp³-hybridized carbons (Fsp3) is 0.100. The molecule has 1 aromatic heterocycles. The van der Waals surface area contributed by atoms with Crippen molar-refractivity contribution in [1.82, 2.24) is 0 Å². The maximum absolute atomic E-state index is 12.2. The normalized spacial score (nSPS) is 12.6. The number of hydrogen-bond donors (Lipinski definition) is 0. The summed E-state index contributed by atoms with van der Waals surface area (Å²) >= 11 is 5.59. The lowest BCUT2D eigenvalue weighted by Gasteiger charge is -2.10. The van der Waals surface area contributed by atoms with E-state index in [0.717, 1.165) is 24.5 Å². The van der Waals surface area contributed by atoms with Crippen molar-refractivity contribution < 1.29 is 30.2 Å². The van der Waals surface area contributed by atoms with Crippen LogP contribution in [0.4, 0.5) is 13.2 Å². The van der Waals surface area contributed by atoms with Gasteiger partial charge in [-0.2, -0.15) is 21.6 Å². The number of hydrogen-bond acceptors (Lipinski definition) is 5. The molecule has 0 bridgehead atoms. The van der Waals surface area contributed by atoms with Crippen molar-refractivity contribution in [2.45, 2.75) is 5.51 Å². The zero-order chi connectivity index (χ0) is 15.1. The molecule has 0 radical (unpaired) electrons. The Morgan fingerprint density at radius 3 is 2.50 bits per heavy atom. The number of halogens is 4. The first-order valence-electron chi connectivity index (χ1n) is 4.83. The summed E-state index contributed by atoms with van der Waals surface area (Å²) in [6.45, 7) is 0. The average molecular weight is 329 g/mol. The third-order valence-corrected chi connectivity index (χ3v) is 3.46. The van der Waals surface area contributed by atoms with Crippen LogP contribution < -0.4 is 9.61 Å². The molecule has 1 aromatic carbocycles. The maximum Gasteiger partial charge on any atom is 0.534 e. The molecule has 0 N–H and O–H groups in total. The van der Waals surface area contributed by atoms with Crippen molar-refractivity contribution in [1.29, 1.82) is 0 Å². The van der Waals surface area contributed by atoms with Crippen LogP contribution >= 0.6 is 11.6 Å². The van der Waals surface area contributed by atoms with Gasteiger partial charge in [0.05, 0.1) is 16.7 Å². The molecule has 0 spiro atoms. The number of benzene rings is 1. The van der Waals surface area contributed by atoms with Crippen LogP contribution in [0.25, 0.3) is 11.0 Å². The third-order valence-electron chi connectivity index (χ3n) is 2.20. The van der Waals surface area contributed by atoms with Gasteiger partial charge in [-0.15, -0.1) is 0 Å². The smallest absolute Gasteiger partial charge is 0.464 e. The van der Waals surface area contributed by atoms with Gasteiger partial charge in [0.25, 0.3) is 0 Å². The highest BCUT2D eigenvalue weighted by molar-refractivity contribution is 7.88. The van der Waals surface area contributed by atoms with Crippen molar-refractivity contribution in [2.75, 3.05) is 0 Å². The zero-order valence-corrected chi connectivity index (χ0v) is 10.8. The lowest BCUT2D eigenvalue weighted by molar-refractivity contribution is -0.0500. The minimum atomic E-state index is -5.86. The summed E-state index contributed by atoms with van der Waals surface area (Å²) in [4.78, 5) is 11.4. The molecule has 0 amide bonds. The van der Waals surface area contributed by atoms with Crippen LogP contribution in [0.3, 0.4) is 0 Å². The van der Waals surface area contributed by atoms with Crippen molar-refractivity contribution >= 4 is 32.7 Å². The molecule has 2 aromatic rings. The molecule has 10 heteroatoms. The minimum Gasteiger partial charge on any atom is -0.464 e. The quantitative estimate of drug-likeness (QED) is 0.626. The summed E-state index contributed by atoms with van der Waals surface area (Å²) in [5, 5.41) is -0.488. The van der Waals surface area contributed by atoms with Gasteiger partial charge >= 0.3 is 15.6 Å². The van der Waals surface area contributed by atoms with Crippen molar-refractivity contribution in [3.63, 3.8) is 0 Å². The Bertz CT molecular complexity index is 825. The molecule has 0 aliphatic carbocycles. The van der Waals surface area contributed by atoms with E-state index in [9.17, 15) is 26.4 Å². The van der Waals surface area contributed by atoms with Gasteiger partial charge in [-0.05, 0) is 6.07 Å². The maximum atomic E-state index is 12.2. The molecule has 0 atom stereocenters. The molecule has 0 unspecified atom stereocenters. The van der Waals surface area contributed by atoms with E-state index in [1.54, 1.807) is 0 Å². The molecule has 2 rings (SSSR count). The summed E-state index contributed by atoms with van der Waals surface area (Å²) < 4.78 is 67.1. The Morgan fingerprint density at radius 1 is 1.25 bits per heavy atom. The second-order valence-electron chi connectivity index (χ2n) is 3.55. The second-order valence-corrected chi connectivity index (χ2v) is 5.49. The van der Waals surface area contributed by atoms with Crippen molar-refractivity contribution in [3.05, 3.63) is 39.7 Å². The molecule has 0 saturated carbocycles. The largest absolute Gasteiger partial charge is 0.534 e. The lowest BCUT2D eigenvalue weighted by atomic mass is 10.2. The summed E-state index contributed by atoms with van der Waals surface area (Å²) in [6, 6.07) is 2.83. The van der Waals surface area contributed by atoms with E-state index in [2.05, 4.69) is 4.18 Å². The van der Waals surface area contributed by atoms with Crippen LogP contribution in [0.5, 0.6) is 5.75 Å². The Morgan fingerprint density at radius 2 is 1.90 bits per heavy atom.